The number of likely N-dealkylation sites (tertiary alicyclic amines) is 1. The fourth-order valence-electron chi connectivity index (χ4n) is 4.89. The number of piperidine rings is 1. The van der Waals surface area contributed by atoms with E-state index >= 15 is 0 Å². The molecule has 0 aliphatic carbocycles. The first-order valence-electron chi connectivity index (χ1n) is 12.0. The minimum atomic E-state index is -0.672. The van der Waals surface area contributed by atoms with Gasteiger partial charge >= 0.3 is 0 Å². The fraction of sp³-hybridized carbons (Fsp3) is 0.379. The minimum absolute atomic E-state index is 0.539. The van der Waals surface area contributed by atoms with Crippen LogP contribution in [0.4, 0.5) is 5.69 Å². The molecule has 0 amide bonds. The van der Waals surface area contributed by atoms with Gasteiger partial charge in [-0.1, -0.05) is 78.9 Å². The first-order chi connectivity index (χ1) is 15.6. The van der Waals surface area contributed by atoms with Crippen LogP contribution in [0, 0.1) is 0 Å². The second kappa shape index (κ2) is 10.8. The number of nitrogens with zero attached hydrogens (tertiary/aromatic N) is 2. The molecule has 3 aromatic carbocycles. The molecule has 1 aliphatic rings. The average Bonchev–Trinajstić information content (AvgIpc) is 2.86. The molecule has 1 atom stereocenters. The lowest BCUT2D eigenvalue weighted by Gasteiger charge is -2.39. The molecule has 1 fully saturated rings. The molecule has 4 rings (SSSR count). The van der Waals surface area contributed by atoms with Crippen LogP contribution in [-0.4, -0.2) is 43.2 Å². The SMILES string of the molecule is CN(CCC(CCN1CCC(O)(c2ccccc2)CC1)c1ccccc1)c1ccccc1. The van der Waals surface area contributed by atoms with Gasteiger partial charge in [-0.05, 0) is 61.4 Å². The molecule has 3 aromatic rings. The molecule has 168 valence electrons. The third kappa shape index (κ3) is 5.79. The van der Waals surface area contributed by atoms with Gasteiger partial charge in [-0.3, -0.25) is 0 Å². The Hall–Kier alpha value is -2.62. The van der Waals surface area contributed by atoms with Gasteiger partial charge in [0.1, 0.15) is 0 Å². The molecule has 3 nitrogen and oxygen atoms in total. The molecular weight excluding hydrogens is 392 g/mol. The zero-order valence-electron chi connectivity index (χ0n) is 19.2. The molecule has 1 saturated heterocycles. The van der Waals surface area contributed by atoms with E-state index in [-0.39, 0.29) is 0 Å². The van der Waals surface area contributed by atoms with E-state index in [1.807, 2.05) is 18.2 Å². The van der Waals surface area contributed by atoms with Gasteiger partial charge in [0.15, 0.2) is 0 Å². The lowest BCUT2D eigenvalue weighted by molar-refractivity contribution is -0.0263. The second-order valence-electron chi connectivity index (χ2n) is 9.18. The number of hydrogen-bond donors (Lipinski definition) is 1. The van der Waals surface area contributed by atoms with Crippen molar-refractivity contribution in [2.24, 2.45) is 0 Å². The van der Waals surface area contributed by atoms with Crippen molar-refractivity contribution in [2.75, 3.05) is 38.1 Å². The largest absolute Gasteiger partial charge is 0.385 e. The number of para-hydroxylation sites is 1. The molecule has 1 N–H and O–H groups in total. The summed E-state index contributed by atoms with van der Waals surface area (Å²) in [6.07, 6.45) is 3.90. The van der Waals surface area contributed by atoms with Crippen LogP contribution in [-0.2, 0) is 5.60 Å². The van der Waals surface area contributed by atoms with Crippen molar-refractivity contribution in [3.05, 3.63) is 102 Å². The molecule has 0 saturated carbocycles. The summed E-state index contributed by atoms with van der Waals surface area (Å²) in [6, 6.07) is 31.8. The molecule has 0 radical (unpaired) electrons. The predicted molar refractivity (Wildman–Crippen MR) is 134 cm³/mol. The van der Waals surface area contributed by atoms with Crippen LogP contribution in [0.25, 0.3) is 0 Å². The molecule has 1 heterocycles. The van der Waals surface area contributed by atoms with Crippen molar-refractivity contribution in [1.82, 2.24) is 4.90 Å². The highest BCUT2D eigenvalue weighted by Crippen LogP contribution is 2.33. The summed E-state index contributed by atoms with van der Waals surface area (Å²) in [5.41, 5.74) is 3.10. The van der Waals surface area contributed by atoms with Crippen LogP contribution >= 0.6 is 0 Å². The normalized spacial score (nSPS) is 17.1. The molecule has 0 spiro atoms. The first kappa shape index (κ1) is 22.6. The summed E-state index contributed by atoms with van der Waals surface area (Å²) in [5, 5.41) is 11.1. The van der Waals surface area contributed by atoms with Crippen molar-refractivity contribution in [2.45, 2.75) is 37.2 Å². The summed E-state index contributed by atoms with van der Waals surface area (Å²) in [4.78, 5) is 4.89. The van der Waals surface area contributed by atoms with Gasteiger partial charge in [0.05, 0.1) is 5.60 Å². The monoisotopic (exact) mass is 428 g/mol. The van der Waals surface area contributed by atoms with Gasteiger partial charge in [0.25, 0.3) is 0 Å². The van der Waals surface area contributed by atoms with Gasteiger partial charge in [0.2, 0.25) is 0 Å². The van der Waals surface area contributed by atoms with Crippen molar-refractivity contribution in [3.8, 4) is 0 Å². The Bertz CT molecular complexity index is 921. The smallest absolute Gasteiger partial charge is 0.0920 e. The second-order valence-corrected chi connectivity index (χ2v) is 9.18. The number of aliphatic hydroxyl groups is 1. The van der Waals surface area contributed by atoms with Gasteiger partial charge in [-0.25, -0.2) is 0 Å². The summed E-state index contributed by atoms with van der Waals surface area (Å²) in [6.45, 7) is 4.03. The van der Waals surface area contributed by atoms with E-state index in [9.17, 15) is 5.11 Å². The zero-order chi connectivity index (χ0) is 22.2. The summed E-state index contributed by atoms with van der Waals surface area (Å²) < 4.78 is 0. The Kier molecular flexibility index (Phi) is 7.62. The standard InChI is InChI=1S/C29H36N2O/c1-30(28-15-9-4-10-16-28)21-17-26(25-11-5-2-6-12-25)18-22-31-23-19-29(32,20-24-31)27-13-7-3-8-14-27/h2-16,26,32H,17-24H2,1H3. The Morgan fingerprint density at radius 3 is 2.00 bits per heavy atom. The number of hydrogen-bond acceptors (Lipinski definition) is 3. The molecule has 1 unspecified atom stereocenters. The highest BCUT2D eigenvalue weighted by Gasteiger charge is 2.33. The molecule has 1 aliphatic heterocycles. The highest BCUT2D eigenvalue weighted by atomic mass is 16.3. The van der Waals surface area contributed by atoms with Gasteiger partial charge < -0.3 is 14.9 Å². The van der Waals surface area contributed by atoms with Gasteiger partial charge in [-0.15, -0.1) is 0 Å². The Balaban J connectivity index is 1.33. The highest BCUT2D eigenvalue weighted by molar-refractivity contribution is 5.45. The van der Waals surface area contributed by atoms with Crippen LogP contribution < -0.4 is 4.90 Å². The number of rotatable bonds is 9. The van der Waals surface area contributed by atoms with Crippen molar-refractivity contribution in [3.63, 3.8) is 0 Å². The van der Waals surface area contributed by atoms with E-state index in [1.165, 1.54) is 11.3 Å². The third-order valence-corrected chi connectivity index (χ3v) is 7.07. The maximum Gasteiger partial charge on any atom is 0.0920 e. The maximum atomic E-state index is 11.1. The van der Waals surface area contributed by atoms with E-state index in [2.05, 4.69) is 89.6 Å². The number of benzene rings is 3. The summed E-state index contributed by atoms with van der Waals surface area (Å²) >= 11 is 0. The predicted octanol–water partition coefficient (Wildman–Crippen LogP) is 5.67. The van der Waals surface area contributed by atoms with Gasteiger partial charge in [0, 0.05) is 32.4 Å². The molecule has 0 aromatic heterocycles. The summed E-state index contributed by atoms with van der Waals surface area (Å²) in [7, 11) is 2.19. The minimum Gasteiger partial charge on any atom is -0.385 e. The van der Waals surface area contributed by atoms with E-state index < -0.39 is 5.60 Å². The van der Waals surface area contributed by atoms with E-state index in [0.29, 0.717) is 5.92 Å². The zero-order valence-corrected chi connectivity index (χ0v) is 19.2. The lowest BCUT2D eigenvalue weighted by atomic mass is 9.84. The Morgan fingerprint density at radius 2 is 1.38 bits per heavy atom. The van der Waals surface area contributed by atoms with Crippen LogP contribution in [0.2, 0.25) is 0 Å². The molecule has 3 heteroatoms. The average molecular weight is 429 g/mol. The van der Waals surface area contributed by atoms with Crippen LogP contribution in [0.5, 0.6) is 0 Å². The molecule has 32 heavy (non-hydrogen) atoms. The number of anilines is 1. The van der Waals surface area contributed by atoms with E-state index in [0.717, 1.165) is 57.4 Å². The Morgan fingerprint density at radius 1 is 0.812 bits per heavy atom. The van der Waals surface area contributed by atoms with E-state index in [4.69, 9.17) is 0 Å². The summed E-state index contributed by atoms with van der Waals surface area (Å²) in [5.74, 6) is 0.539. The van der Waals surface area contributed by atoms with Crippen molar-refractivity contribution < 1.29 is 5.11 Å². The third-order valence-electron chi connectivity index (χ3n) is 7.07. The molecular formula is C29H36N2O. The van der Waals surface area contributed by atoms with Crippen LogP contribution in [0.1, 0.15) is 42.7 Å². The lowest BCUT2D eigenvalue weighted by Crippen LogP contribution is -2.43. The van der Waals surface area contributed by atoms with Crippen molar-refractivity contribution >= 4 is 5.69 Å². The quantitative estimate of drug-likeness (QED) is 0.476. The molecule has 0 bridgehead atoms. The first-order valence-corrected chi connectivity index (χ1v) is 12.0. The Labute approximate surface area is 193 Å². The van der Waals surface area contributed by atoms with Crippen LogP contribution in [0.3, 0.4) is 0 Å². The van der Waals surface area contributed by atoms with Gasteiger partial charge in [-0.2, -0.15) is 0 Å². The van der Waals surface area contributed by atoms with Crippen molar-refractivity contribution in [1.29, 1.82) is 0 Å². The van der Waals surface area contributed by atoms with E-state index in [1.54, 1.807) is 0 Å². The maximum absolute atomic E-state index is 11.1. The fourth-order valence-corrected chi connectivity index (χ4v) is 4.89. The van der Waals surface area contributed by atoms with Crippen LogP contribution in [0.15, 0.2) is 91.0 Å². The topological polar surface area (TPSA) is 26.7 Å².